The molecule has 138 valence electrons. The van der Waals surface area contributed by atoms with E-state index in [4.69, 9.17) is 4.74 Å². The van der Waals surface area contributed by atoms with E-state index in [9.17, 15) is 0 Å². The Bertz CT molecular complexity index is 655. The fourth-order valence-corrected chi connectivity index (χ4v) is 2.87. The topological polar surface area (TPSA) is 58.5 Å². The molecule has 2 rings (SSSR count). The van der Waals surface area contributed by atoms with Crippen LogP contribution in [-0.2, 0) is 6.54 Å². The lowest BCUT2D eigenvalue weighted by molar-refractivity contribution is 0.322. The number of rotatable bonds is 7. The number of benzene rings is 1. The Morgan fingerprint density at radius 1 is 1.24 bits per heavy atom. The molecule has 0 amide bonds. The number of hydrogen-bond donors (Lipinski definition) is 2. The maximum Gasteiger partial charge on any atom is 0.191 e. The van der Waals surface area contributed by atoms with Crippen molar-refractivity contribution in [3.8, 4) is 5.75 Å². The average Bonchev–Trinajstić information content (AvgIpc) is 3.05. The summed E-state index contributed by atoms with van der Waals surface area (Å²) in [4.78, 5) is 8.82. The third-order valence-corrected chi connectivity index (χ3v) is 4.60. The Kier molecular flexibility index (Phi) is 9.81. The number of ether oxygens (including phenoxy) is 1. The second-order valence-electron chi connectivity index (χ2n) is 5.85. The van der Waals surface area contributed by atoms with Gasteiger partial charge in [-0.2, -0.15) is 0 Å². The second kappa shape index (κ2) is 11.3. The van der Waals surface area contributed by atoms with E-state index in [2.05, 4.69) is 46.8 Å². The van der Waals surface area contributed by atoms with Crippen molar-refractivity contribution in [2.75, 3.05) is 20.2 Å². The summed E-state index contributed by atoms with van der Waals surface area (Å²) in [7, 11) is 1.76. The first-order valence-electron chi connectivity index (χ1n) is 8.16. The number of aryl methyl sites for hydroxylation is 1. The molecule has 0 saturated carbocycles. The first-order chi connectivity index (χ1) is 11.6. The van der Waals surface area contributed by atoms with Crippen LogP contribution >= 0.6 is 35.3 Å². The third-order valence-electron chi connectivity index (χ3n) is 3.41. The summed E-state index contributed by atoms with van der Waals surface area (Å²) in [6, 6.07) is 8.05. The summed E-state index contributed by atoms with van der Waals surface area (Å²) in [5, 5.41) is 9.77. The van der Waals surface area contributed by atoms with Gasteiger partial charge in [-0.3, -0.25) is 4.99 Å². The normalized spacial score (nSPS) is 11.2. The van der Waals surface area contributed by atoms with Crippen molar-refractivity contribution in [3.63, 3.8) is 0 Å². The minimum Gasteiger partial charge on any atom is -0.492 e. The van der Waals surface area contributed by atoms with E-state index in [-0.39, 0.29) is 24.0 Å². The highest BCUT2D eigenvalue weighted by atomic mass is 127. The third kappa shape index (κ3) is 7.60. The van der Waals surface area contributed by atoms with Gasteiger partial charge in [0.25, 0.3) is 0 Å². The zero-order chi connectivity index (χ0) is 17.4. The molecule has 0 atom stereocenters. The molecule has 1 aromatic heterocycles. The highest BCUT2D eigenvalue weighted by Gasteiger charge is 2.06. The van der Waals surface area contributed by atoms with Gasteiger partial charge in [0.05, 0.1) is 23.8 Å². The van der Waals surface area contributed by atoms with Crippen LogP contribution < -0.4 is 15.4 Å². The largest absolute Gasteiger partial charge is 0.492 e. The Balaban J connectivity index is 0.00000312. The number of thiazole rings is 1. The van der Waals surface area contributed by atoms with E-state index < -0.39 is 0 Å². The molecule has 0 radical (unpaired) electrons. The number of halogens is 1. The molecule has 0 fully saturated rings. The van der Waals surface area contributed by atoms with Gasteiger partial charge in [0, 0.05) is 18.3 Å². The van der Waals surface area contributed by atoms with Gasteiger partial charge in [-0.05, 0) is 19.1 Å². The monoisotopic (exact) mass is 474 g/mol. The molecule has 7 heteroatoms. The van der Waals surface area contributed by atoms with E-state index >= 15 is 0 Å². The van der Waals surface area contributed by atoms with Gasteiger partial charge < -0.3 is 15.4 Å². The van der Waals surface area contributed by atoms with E-state index in [1.807, 2.05) is 24.3 Å². The maximum atomic E-state index is 5.69. The Morgan fingerprint density at radius 3 is 2.56 bits per heavy atom. The predicted molar refractivity (Wildman–Crippen MR) is 116 cm³/mol. The number of aliphatic imine (C=N–C) groups is 1. The van der Waals surface area contributed by atoms with Crippen molar-refractivity contribution in [3.05, 3.63) is 45.9 Å². The van der Waals surface area contributed by atoms with Gasteiger partial charge >= 0.3 is 0 Å². The molecule has 25 heavy (non-hydrogen) atoms. The number of hydrogen-bond acceptors (Lipinski definition) is 4. The van der Waals surface area contributed by atoms with Crippen LogP contribution in [0.4, 0.5) is 0 Å². The van der Waals surface area contributed by atoms with Crippen LogP contribution in [0.5, 0.6) is 5.75 Å². The zero-order valence-corrected chi connectivity index (χ0v) is 18.4. The first-order valence-corrected chi connectivity index (χ1v) is 9.04. The Labute approximate surface area is 171 Å². The van der Waals surface area contributed by atoms with Crippen molar-refractivity contribution >= 4 is 41.3 Å². The lowest BCUT2D eigenvalue weighted by atomic mass is 10.2. The van der Waals surface area contributed by atoms with Gasteiger partial charge in [-0.25, -0.2) is 4.98 Å². The van der Waals surface area contributed by atoms with Crippen molar-refractivity contribution in [1.82, 2.24) is 15.6 Å². The van der Waals surface area contributed by atoms with Crippen molar-refractivity contribution in [1.29, 1.82) is 0 Å². The summed E-state index contributed by atoms with van der Waals surface area (Å²) in [6.45, 7) is 8.31. The SMILES string of the molecule is CN=C(NCCOc1ccc(C)cc1)NCc1csc(C(C)C)n1.I. The maximum absolute atomic E-state index is 5.69. The van der Waals surface area contributed by atoms with Crippen molar-refractivity contribution in [2.45, 2.75) is 33.2 Å². The summed E-state index contributed by atoms with van der Waals surface area (Å²) in [5.74, 6) is 2.11. The minimum atomic E-state index is 0. The molecule has 0 saturated heterocycles. The lowest BCUT2D eigenvalue weighted by Crippen LogP contribution is -2.38. The summed E-state index contributed by atoms with van der Waals surface area (Å²) in [5.41, 5.74) is 2.27. The molecule has 1 aromatic carbocycles. The van der Waals surface area contributed by atoms with Gasteiger partial charge in [-0.15, -0.1) is 35.3 Å². The number of nitrogens with zero attached hydrogens (tertiary/aromatic N) is 2. The lowest BCUT2D eigenvalue weighted by Gasteiger charge is -2.12. The van der Waals surface area contributed by atoms with E-state index in [1.54, 1.807) is 18.4 Å². The molecule has 5 nitrogen and oxygen atoms in total. The summed E-state index contributed by atoms with van der Waals surface area (Å²) in [6.07, 6.45) is 0. The van der Waals surface area contributed by atoms with Crippen LogP contribution in [0.2, 0.25) is 0 Å². The summed E-state index contributed by atoms with van der Waals surface area (Å²) < 4.78 is 5.69. The van der Waals surface area contributed by atoms with Crippen LogP contribution in [0.3, 0.4) is 0 Å². The number of aromatic nitrogens is 1. The molecule has 0 aliphatic rings. The molecular weight excluding hydrogens is 447 g/mol. The van der Waals surface area contributed by atoms with Crippen LogP contribution in [0, 0.1) is 6.92 Å². The molecule has 1 heterocycles. The molecule has 0 aliphatic carbocycles. The van der Waals surface area contributed by atoms with Crippen molar-refractivity contribution in [2.24, 2.45) is 4.99 Å². The molecule has 2 N–H and O–H groups in total. The van der Waals surface area contributed by atoms with Gasteiger partial charge in [0.15, 0.2) is 5.96 Å². The number of nitrogens with one attached hydrogen (secondary N) is 2. The van der Waals surface area contributed by atoms with E-state index in [0.29, 0.717) is 25.6 Å². The van der Waals surface area contributed by atoms with E-state index in [1.165, 1.54) is 10.6 Å². The van der Waals surface area contributed by atoms with Crippen molar-refractivity contribution < 1.29 is 4.74 Å². The quantitative estimate of drug-likeness (QED) is 0.276. The molecule has 0 bridgehead atoms. The Morgan fingerprint density at radius 2 is 1.96 bits per heavy atom. The smallest absolute Gasteiger partial charge is 0.191 e. The second-order valence-corrected chi connectivity index (χ2v) is 6.74. The molecule has 0 unspecified atom stereocenters. The fraction of sp³-hybridized carbons (Fsp3) is 0.444. The van der Waals surface area contributed by atoms with Crippen LogP contribution in [-0.4, -0.2) is 31.1 Å². The summed E-state index contributed by atoms with van der Waals surface area (Å²) >= 11 is 1.71. The highest BCUT2D eigenvalue weighted by Crippen LogP contribution is 2.18. The average molecular weight is 474 g/mol. The predicted octanol–water partition coefficient (Wildman–Crippen LogP) is 3.94. The fourth-order valence-electron chi connectivity index (χ4n) is 2.04. The standard InChI is InChI=1S/C18H26N4OS.HI/c1-13(2)17-22-15(12-24-17)11-21-18(19-4)20-9-10-23-16-7-5-14(3)6-8-16;/h5-8,12-13H,9-11H2,1-4H3,(H2,19,20,21);1H. The highest BCUT2D eigenvalue weighted by molar-refractivity contribution is 14.0. The van der Waals surface area contributed by atoms with Gasteiger partial charge in [-0.1, -0.05) is 31.5 Å². The van der Waals surface area contributed by atoms with Gasteiger partial charge in [0.2, 0.25) is 0 Å². The van der Waals surface area contributed by atoms with Crippen LogP contribution in [0.15, 0.2) is 34.6 Å². The molecule has 0 spiro atoms. The van der Waals surface area contributed by atoms with Crippen LogP contribution in [0.25, 0.3) is 0 Å². The van der Waals surface area contributed by atoms with Gasteiger partial charge in [0.1, 0.15) is 12.4 Å². The van der Waals surface area contributed by atoms with Crippen LogP contribution in [0.1, 0.15) is 36.0 Å². The number of guanidine groups is 1. The zero-order valence-electron chi connectivity index (χ0n) is 15.2. The first kappa shape index (κ1) is 21.7. The molecule has 2 aromatic rings. The minimum absolute atomic E-state index is 0. The Hall–Kier alpha value is -1.35. The molecular formula is C18H27IN4OS. The van der Waals surface area contributed by atoms with E-state index in [0.717, 1.165) is 17.4 Å². The molecule has 0 aliphatic heterocycles.